The summed E-state index contributed by atoms with van der Waals surface area (Å²) in [6, 6.07) is 23.8. The smallest absolute Gasteiger partial charge is 0.240 e. The van der Waals surface area contributed by atoms with E-state index in [1.807, 2.05) is 48.5 Å². The molecule has 0 aliphatic heterocycles. The molecule has 0 spiro atoms. The molecule has 0 radical (unpaired) electrons. The fourth-order valence-electron chi connectivity index (χ4n) is 2.83. The van der Waals surface area contributed by atoms with Crippen molar-refractivity contribution in [2.45, 2.75) is 11.4 Å². The highest BCUT2D eigenvalue weighted by atomic mass is 32.2. The summed E-state index contributed by atoms with van der Waals surface area (Å²) in [7, 11) is -3.64. The molecule has 0 saturated carbocycles. The monoisotopic (exact) mass is 390 g/mol. The van der Waals surface area contributed by atoms with E-state index in [2.05, 4.69) is 9.71 Å². The summed E-state index contributed by atoms with van der Waals surface area (Å²) in [4.78, 5) is 4.55. The Balaban J connectivity index is 1.49. The lowest BCUT2D eigenvalue weighted by molar-refractivity contribution is 0.578. The number of benzene rings is 2. The van der Waals surface area contributed by atoms with Gasteiger partial charge in [-0.25, -0.2) is 13.1 Å². The van der Waals surface area contributed by atoms with E-state index in [0.717, 1.165) is 16.7 Å². The molecule has 0 fully saturated rings. The van der Waals surface area contributed by atoms with Crippen molar-refractivity contribution in [2.24, 2.45) is 0 Å². The number of hydrogen-bond donors (Lipinski definition) is 1. The molecule has 2 heterocycles. The molecule has 1 N–H and O–H groups in total. The molecule has 6 heteroatoms. The van der Waals surface area contributed by atoms with Crippen molar-refractivity contribution in [3.05, 3.63) is 96.9 Å². The number of rotatable bonds is 6. The molecule has 2 aromatic carbocycles. The van der Waals surface area contributed by atoms with Crippen molar-refractivity contribution in [3.63, 3.8) is 0 Å². The Morgan fingerprint density at radius 3 is 2.39 bits per heavy atom. The van der Waals surface area contributed by atoms with Crippen LogP contribution in [-0.4, -0.2) is 13.4 Å². The standard InChI is InChI=1S/C22H18N2O3S/c25-28(26,20-9-4-8-19(14-20)18-6-2-1-3-7-18)24-16-17-11-12-21(23-15-17)22-10-5-13-27-22/h1-15,24H,16H2. The van der Waals surface area contributed by atoms with Crippen molar-refractivity contribution in [1.29, 1.82) is 0 Å². The molecule has 0 aliphatic rings. The summed E-state index contributed by atoms with van der Waals surface area (Å²) in [6.45, 7) is 0.156. The minimum absolute atomic E-state index is 0.156. The van der Waals surface area contributed by atoms with Crippen LogP contribution in [-0.2, 0) is 16.6 Å². The maximum Gasteiger partial charge on any atom is 0.240 e. The summed E-state index contributed by atoms with van der Waals surface area (Å²) < 4.78 is 33.3. The lowest BCUT2D eigenvalue weighted by Gasteiger charge is -2.09. The topological polar surface area (TPSA) is 72.2 Å². The zero-order chi connectivity index (χ0) is 19.4. The Labute approximate surface area is 163 Å². The Bertz CT molecular complexity index is 1150. The van der Waals surface area contributed by atoms with Gasteiger partial charge in [-0.3, -0.25) is 4.98 Å². The second kappa shape index (κ2) is 7.80. The van der Waals surface area contributed by atoms with Gasteiger partial charge in [0.2, 0.25) is 10.0 Å². The van der Waals surface area contributed by atoms with E-state index in [0.29, 0.717) is 11.5 Å². The molecule has 4 rings (SSSR count). The highest BCUT2D eigenvalue weighted by Gasteiger charge is 2.15. The summed E-state index contributed by atoms with van der Waals surface area (Å²) in [5.41, 5.74) is 3.29. The van der Waals surface area contributed by atoms with Crippen molar-refractivity contribution in [3.8, 4) is 22.6 Å². The van der Waals surface area contributed by atoms with Crippen LogP contribution in [0.3, 0.4) is 0 Å². The molecule has 0 atom stereocenters. The van der Waals surface area contributed by atoms with Crippen LogP contribution in [0, 0.1) is 0 Å². The number of nitrogens with one attached hydrogen (secondary N) is 1. The highest BCUT2D eigenvalue weighted by molar-refractivity contribution is 7.89. The van der Waals surface area contributed by atoms with Crippen molar-refractivity contribution < 1.29 is 12.8 Å². The molecule has 140 valence electrons. The quantitative estimate of drug-likeness (QED) is 0.527. The number of aromatic nitrogens is 1. The number of furan rings is 1. The Kier molecular flexibility index (Phi) is 5.06. The maximum absolute atomic E-state index is 12.7. The number of pyridine rings is 1. The van der Waals surface area contributed by atoms with Gasteiger partial charge in [0.1, 0.15) is 5.69 Å². The molecule has 0 bridgehead atoms. The molecule has 0 amide bonds. The molecular formula is C22H18N2O3S. The summed E-state index contributed by atoms with van der Waals surface area (Å²) in [5, 5.41) is 0. The Morgan fingerprint density at radius 2 is 1.68 bits per heavy atom. The zero-order valence-corrected chi connectivity index (χ0v) is 15.8. The SMILES string of the molecule is O=S(=O)(NCc1ccc(-c2ccco2)nc1)c1cccc(-c2ccccc2)c1. The van der Waals surface area contributed by atoms with E-state index in [-0.39, 0.29) is 11.4 Å². The van der Waals surface area contributed by atoms with Crippen LogP contribution < -0.4 is 4.72 Å². The highest BCUT2D eigenvalue weighted by Crippen LogP contribution is 2.22. The third-order valence-corrected chi connectivity index (χ3v) is 5.72. The van der Waals surface area contributed by atoms with E-state index in [4.69, 9.17) is 4.42 Å². The predicted octanol–water partition coefficient (Wildman–Crippen LogP) is 4.49. The summed E-state index contributed by atoms with van der Waals surface area (Å²) >= 11 is 0. The maximum atomic E-state index is 12.7. The van der Waals surface area contributed by atoms with Gasteiger partial charge in [-0.05, 0) is 47.0 Å². The molecule has 0 aliphatic carbocycles. The van der Waals surface area contributed by atoms with Gasteiger partial charge in [0.25, 0.3) is 0 Å². The van der Waals surface area contributed by atoms with Crippen LogP contribution in [0.5, 0.6) is 0 Å². The third-order valence-electron chi connectivity index (χ3n) is 4.32. The normalized spacial score (nSPS) is 11.4. The first-order valence-electron chi connectivity index (χ1n) is 8.76. The first-order valence-corrected chi connectivity index (χ1v) is 10.2. The van der Waals surface area contributed by atoms with Crippen molar-refractivity contribution >= 4 is 10.0 Å². The number of hydrogen-bond acceptors (Lipinski definition) is 4. The molecule has 4 aromatic rings. The van der Waals surface area contributed by atoms with Gasteiger partial charge in [-0.15, -0.1) is 0 Å². The lowest BCUT2D eigenvalue weighted by atomic mass is 10.1. The van der Waals surface area contributed by atoms with Gasteiger partial charge in [-0.1, -0.05) is 48.5 Å². The van der Waals surface area contributed by atoms with E-state index < -0.39 is 10.0 Å². The first kappa shape index (κ1) is 18.2. The summed E-state index contributed by atoms with van der Waals surface area (Å²) in [5.74, 6) is 0.671. The number of nitrogens with zero attached hydrogens (tertiary/aromatic N) is 1. The van der Waals surface area contributed by atoms with E-state index >= 15 is 0 Å². The van der Waals surface area contributed by atoms with Crippen molar-refractivity contribution in [1.82, 2.24) is 9.71 Å². The van der Waals surface area contributed by atoms with Gasteiger partial charge in [0.15, 0.2) is 5.76 Å². The van der Waals surface area contributed by atoms with Crippen LogP contribution in [0.25, 0.3) is 22.6 Å². The fourth-order valence-corrected chi connectivity index (χ4v) is 3.90. The number of sulfonamides is 1. The van der Waals surface area contributed by atoms with Crippen LogP contribution >= 0.6 is 0 Å². The Hall–Kier alpha value is -3.22. The third kappa shape index (κ3) is 4.03. The lowest BCUT2D eigenvalue weighted by Crippen LogP contribution is -2.23. The predicted molar refractivity (Wildman–Crippen MR) is 108 cm³/mol. The van der Waals surface area contributed by atoms with Crippen LogP contribution in [0.2, 0.25) is 0 Å². The van der Waals surface area contributed by atoms with Gasteiger partial charge >= 0.3 is 0 Å². The molecular weight excluding hydrogens is 372 g/mol. The van der Waals surface area contributed by atoms with Crippen LogP contribution in [0.15, 0.2) is 101 Å². The average molecular weight is 390 g/mol. The van der Waals surface area contributed by atoms with Gasteiger partial charge in [0.05, 0.1) is 11.2 Å². The van der Waals surface area contributed by atoms with Gasteiger partial charge in [-0.2, -0.15) is 0 Å². The molecule has 2 aromatic heterocycles. The largest absolute Gasteiger partial charge is 0.463 e. The van der Waals surface area contributed by atoms with Crippen LogP contribution in [0.4, 0.5) is 0 Å². The first-order chi connectivity index (χ1) is 13.6. The Morgan fingerprint density at radius 1 is 0.857 bits per heavy atom. The van der Waals surface area contributed by atoms with Crippen molar-refractivity contribution in [2.75, 3.05) is 0 Å². The van der Waals surface area contributed by atoms with Gasteiger partial charge in [0, 0.05) is 12.7 Å². The molecule has 0 unspecified atom stereocenters. The molecule has 0 saturated heterocycles. The van der Waals surface area contributed by atoms with Crippen LogP contribution in [0.1, 0.15) is 5.56 Å². The minimum atomic E-state index is -3.64. The molecule has 28 heavy (non-hydrogen) atoms. The second-order valence-corrected chi connectivity index (χ2v) is 8.01. The summed E-state index contributed by atoms with van der Waals surface area (Å²) in [6.07, 6.45) is 3.23. The van der Waals surface area contributed by atoms with E-state index in [1.165, 1.54) is 0 Å². The van der Waals surface area contributed by atoms with E-state index in [1.54, 1.807) is 42.8 Å². The molecule has 5 nitrogen and oxygen atoms in total. The fraction of sp³-hybridized carbons (Fsp3) is 0.0455. The minimum Gasteiger partial charge on any atom is -0.463 e. The van der Waals surface area contributed by atoms with E-state index in [9.17, 15) is 8.42 Å². The second-order valence-electron chi connectivity index (χ2n) is 6.25. The average Bonchev–Trinajstić information content (AvgIpc) is 3.28. The zero-order valence-electron chi connectivity index (χ0n) is 14.9. The van der Waals surface area contributed by atoms with Gasteiger partial charge < -0.3 is 4.42 Å².